The van der Waals surface area contributed by atoms with E-state index in [0.717, 1.165) is 3.92 Å². The minimum Gasteiger partial charge on any atom is -0.293 e. The number of hydrogen-bond acceptors (Lipinski definition) is 1. The van der Waals surface area contributed by atoms with Crippen LogP contribution in [0.5, 0.6) is 0 Å². The van der Waals surface area contributed by atoms with E-state index in [2.05, 4.69) is 9.51 Å². The molecule has 0 amide bonds. The molecule has 0 bridgehead atoms. The molecular formula is C8H14IN. The SMILES string of the molecule is C=I[C@@H]1CCCC1N=CC. The van der Waals surface area contributed by atoms with Crippen LogP contribution < -0.4 is 0 Å². The van der Waals surface area contributed by atoms with E-state index in [4.69, 9.17) is 0 Å². The second-order valence-corrected chi connectivity index (χ2v) is 5.06. The van der Waals surface area contributed by atoms with Crippen molar-refractivity contribution in [1.29, 1.82) is 0 Å². The molecular weight excluding hydrogens is 237 g/mol. The predicted molar refractivity (Wildman–Crippen MR) is 56.7 cm³/mol. The molecule has 1 nitrogen and oxygen atoms in total. The van der Waals surface area contributed by atoms with E-state index in [-0.39, 0.29) is 20.7 Å². The zero-order chi connectivity index (χ0) is 7.40. The van der Waals surface area contributed by atoms with Gasteiger partial charge in [-0.15, -0.1) is 20.7 Å². The second-order valence-electron chi connectivity index (χ2n) is 2.58. The molecule has 0 aromatic heterocycles. The summed E-state index contributed by atoms with van der Waals surface area (Å²) >= 11 is 0.187. The van der Waals surface area contributed by atoms with Crippen LogP contribution in [-0.2, 0) is 0 Å². The van der Waals surface area contributed by atoms with Crippen molar-refractivity contribution in [2.45, 2.75) is 36.2 Å². The topological polar surface area (TPSA) is 12.4 Å². The number of aliphatic imine (C=N–C) groups is 1. The molecule has 1 unspecified atom stereocenters. The molecule has 0 aliphatic heterocycles. The molecule has 0 saturated heterocycles. The van der Waals surface area contributed by atoms with E-state index in [1.165, 1.54) is 19.3 Å². The van der Waals surface area contributed by atoms with E-state index >= 15 is 0 Å². The van der Waals surface area contributed by atoms with Gasteiger partial charge in [0, 0.05) is 3.92 Å². The van der Waals surface area contributed by atoms with Crippen molar-refractivity contribution in [2.24, 2.45) is 4.99 Å². The van der Waals surface area contributed by atoms with Crippen LogP contribution in [-0.4, -0.2) is 20.7 Å². The van der Waals surface area contributed by atoms with E-state index in [1.807, 2.05) is 13.1 Å². The van der Waals surface area contributed by atoms with Crippen molar-refractivity contribution in [3.8, 4) is 0 Å². The maximum absolute atomic E-state index is 4.44. The fourth-order valence-electron chi connectivity index (χ4n) is 1.43. The van der Waals surface area contributed by atoms with Gasteiger partial charge in [-0.05, 0) is 26.0 Å². The third-order valence-corrected chi connectivity index (χ3v) is 4.52. The first-order chi connectivity index (χ1) is 4.88. The van der Waals surface area contributed by atoms with Crippen molar-refractivity contribution in [3.63, 3.8) is 0 Å². The molecule has 0 radical (unpaired) electrons. The first kappa shape index (κ1) is 8.37. The summed E-state index contributed by atoms with van der Waals surface area (Å²) in [6, 6.07) is 0.648. The highest BCUT2D eigenvalue weighted by molar-refractivity contribution is 14.2. The molecule has 0 heterocycles. The lowest BCUT2D eigenvalue weighted by Gasteiger charge is -2.08. The van der Waals surface area contributed by atoms with Crippen LogP contribution in [0.25, 0.3) is 0 Å². The molecule has 10 heavy (non-hydrogen) atoms. The molecule has 0 N–H and O–H groups in total. The predicted octanol–water partition coefficient (Wildman–Crippen LogP) is 2.40. The maximum atomic E-state index is 4.44. The molecule has 1 rings (SSSR count). The molecule has 1 aliphatic rings. The summed E-state index contributed by atoms with van der Waals surface area (Å²) in [6.45, 7) is 2.01. The van der Waals surface area contributed by atoms with Gasteiger partial charge in [0.05, 0.1) is 6.04 Å². The lowest BCUT2D eigenvalue weighted by molar-refractivity contribution is 0.734. The van der Waals surface area contributed by atoms with Crippen molar-refractivity contribution >= 4 is 31.5 Å². The highest BCUT2D eigenvalue weighted by Crippen LogP contribution is 2.30. The Kier molecular flexibility index (Phi) is 3.52. The highest BCUT2D eigenvalue weighted by atomic mass is 127. The smallest absolute Gasteiger partial charge is 0.0609 e. The molecule has 1 aliphatic carbocycles. The summed E-state index contributed by atoms with van der Waals surface area (Å²) in [7, 11) is 0. The normalized spacial score (nSPS) is 33.7. The zero-order valence-corrected chi connectivity index (χ0v) is 8.54. The lowest BCUT2D eigenvalue weighted by Crippen LogP contribution is -2.10. The summed E-state index contributed by atoms with van der Waals surface area (Å²) in [6.07, 6.45) is 6.02. The Bertz CT molecular complexity index is 142. The first-order valence-electron chi connectivity index (χ1n) is 3.73. The Hall–Kier alpha value is 0.270. The quantitative estimate of drug-likeness (QED) is 0.406. The largest absolute Gasteiger partial charge is 0.293 e. The Morgan fingerprint density at radius 3 is 3.00 bits per heavy atom. The molecule has 1 fully saturated rings. The molecule has 1 saturated carbocycles. The van der Waals surface area contributed by atoms with E-state index in [0.29, 0.717) is 6.04 Å². The van der Waals surface area contributed by atoms with Crippen LogP contribution in [0.1, 0.15) is 26.2 Å². The van der Waals surface area contributed by atoms with Crippen molar-refractivity contribution in [1.82, 2.24) is 0 Å². The van der Waals surface area contributed by atoms with Crippen LogP contribution in [0, 0.1) is 0 Å². The standard InChI is InChI=1S/C8H14IN/c1-3-10-8-6-4-5-7(8)9-2/h3,7-8H,2,4-6H2,1H3/t7-,8?/m1/s1. The first-order valence-corrected chi connectivity index (χ1v) is 6.50. The van der Waals surface area contributed by atoms with Crippen LogP contribution in [0.4, 0.5) is 0 Å². The minimum absolute atomic E-state index is 0.187. The van der Waals surface area contributed by atoms with Gasteiger partial charge < -0.3 is 0 Å². The van der Waals surface area contributed by atoms with Gasteiger partial charge in [-0.25, -0.2) is 0 Å². The molecule has 2 atom stereocenters. The van der Waals surface area contributed by atoms with Crippen LogP contribution >= 0.6 is 20.7 Å². The molecule has 0 aromatic rings. The second kappa shape index (κ2) is 4.21. The Balaban J connectivity index is 2.49. The van der Waals surface area contributed by atoms with Crippen molar-refractivity contribution in [2.75, 3.05) is 0 Å². The Morgan fingerprint density at radius 2 is 2.40 bits per heavy atom. The van der Waals surface area contributed by atoms with Gasteiger partial charge in [0.25, 0.3) is 0 Å². The zero-order valence-electron chi connectivity index (χ0n) is 6.39. The van der Waals surface area contributed by atoms with Crippen LogP contribution in [0.3, 0.4) is 0 Å². The third kappa shape index (κ3) is 1.87. The molecule has 0 spiro atoms. The average Bonchev–Trinajstić information content (AvgIpc) is 2.36. The van der Waals surface area contributed by atoms with E-state index in [9.17, 15) is 0 Å². The summed E-state index contributed by atoms with van der Waals surface area (Å²) < 4.78 is 4.92. The van der Waals surface area contributed by atoms with E-state index in [1.54, 1.807) is 0 Å². The van der Waals surface area contributed by atoms with Gasteiger partial charge >= 0.3 is 0 Å². The highest BCUT2D eigenvalue weighted by Gasteiger charge is 2.23. The van der Waals surface area contributed by atoms with Crippen molar-refractivity contribution < 1.29 is 0 Å². The number of rotatable bonds is 2. The summed E-state index contributed by atoms with van der Waals surface area (Å²) in [5.74, 6) is 0. The van der Waals surface area contributed by atoms with Gasteiger partial charge in [-0.2, -0.15) is 0 Å². The fourth-order valence-corrected chi connectivity index (χ4v) is 3.45. The summed E-state index contributed by atoms with van der Waals surface area (Å²) in [5, 5.41) is 0. The number of nitrogens with zero attached hydrogens (tertiary/aromatic N) is 1. The maximum Gasteiger partial charge on any atom is 0.0609 e. The van der Waals surface area contributed by atoms with Crippen molar-refractivity contribution in [3.05, 3.63) is 0 Å². The van der Waals surface area contributed by atoms with Gasteiger partial charge in [-0.3, -0.25) is 4.99 Å². The Morgan fingerprint density at radius 1 is 1.60 bits per heavy atom. The van der Waals surface area contributed by atoms with Gasteiger partial charge in [0.2, 0.25) is 0 Å². The molecule has 58 valence electrons. The third-order valence-electron chi connectivity index (χ3n) is 1.94. The van der Waals surface area contributed by atoms with Gasteiger partial charge in [0.15, 0.2) is 0 Å². The molecule has 2 heteroatoms. The Labute approximate surface area is 72.7 Å². The van der Waals surface area contributed by atoms with Gasteiger partial charge in [-0.1, -0.05) is 10.9 Å². The summed E-state index contributed by atoms with van der Waals surface area (Å²) in [4.78, 5) is 4.44. The van der Waals surface area contributed by atoms with E-state index < -0.39 is 0 Å². The lowest BCUT2D eigenvalue weighted by atomic mass is 10.3. The number of halogens is 1. The van der Waals surface area contributed by atoms with Gasteiger partial charge in [0.1, 0.15) is 0 Å². The van der Waals surface area contributed by atoms with Crippen LogP contribution in [0.15, 0.2) is 4.99 Å². The average molecular weight is 251 g/mol. The summed E-state index contributed by atoms with van der Waals surface area (Å²) in [5.41, 5.74) is 0. The minimum atomic E-state index is 0.187. The molecule has 0 aromatic carbocycles. The number of alkyl halides is 1. The monoisotopic (exact) mass is 251 g/mol. The fraction of sp³-hybridized carbons (Fsp3) is 0.750. The number of hydrogen-bond donors (Lipinski definition) is 0. The van der Waals surface area contributed by atoms with Crippen LogP contribution in [0.2, 0.25) is 0 Å².